The van der Waals surface area contributed by atoms with E-state index in [0.29, 0.717) is 18.9 Å². The van der Waals surface area contributed by atoms with Gasteiger partial charge in [0.1, 0.15) is 0 Å². The molecule has 0 aromatic rings. The normalized spacial score (nSPS) is 24.1. The summed E-state index contributed by atoms with van der Waals surface area (Å²) >= 11 is 0. The van der Waals surface area contributed by atoms with Gasteiger partial charge in [-0.2, -0.15) is 0 Å². The summed E-state index contributed by atoms with van der Waals surface area (Å²) in [6, 6.07) is 0. The molecule has 0 saturated carbocycles. The minimum Gasteiger partial charge on any atom is -0.381 e. The number of nitrogens with one attached hydrogen (secondary N) is 1. The summed E-state index contributed by atoms with van der Waals surface area (Å²) in [6.45, 7) is 9.00. The van der Waals surface area contributed by atoms with Crippen molar-refractivity contribution in [2.24, 2.45) is 11.7 Å². The van der Waals surface area contributed by atoms with Gasteiger partial charge in [-0.3, -0.25) is 4.79 Å². The maximum Gasteiger partial charge on any atom is 0.237 e. The lowest BCUT2D eigenvalue weighted by molar-refractivity contribution is -0.125. The number of nitrogens with two attached hydrogens (primary N) is 1. The second-order valence-electron chi connectivity index (χ2n) is 5.70. The molecule has 1 heterocycles. The first kappa shape index (κ1) is 16.4. The second kappa shape index (κ2) is 7.82. The van der Waals surface area contributed by atoms with E-state index in [0.717, 1.165) is 32.6 Å². The Bertz CT molecular complexity index is 280. The highest BCUT2D eigenvalue weighted by Crippen LogP contribution is 2.18. The Kier molecular flexibility index (Phi) is 6.75. The molecule has 0 radical (unpaired) electrons. The third-order valence-electron chi connectivity index (χ3n) is 3.65. The predicted octanol–water partition coefficient (Wildman–Crippen LogP) is 1.06. The molecule has 0 aliphatic carbocycles. The van der Waals surface area contributed by atoms with Gasteiger partial charge in [-0.15, -0.1) is 0 Å². The molecular weight excluding hydrogens is 244 g/mol. The smallest absolute Gasteiger partial charge is 0.237 e. The second-order valence-corrected chi connectivity index (χ2v) is 5.70. The first-order chi connectivity index (χ1) is 8.98. The highest BCUT2D eigenvalue weighted by molar-refractivity contribution is 5.84. The van der Waals surface area contributed by atoms with Crippen molar-refractivity contribution in [2.45, 2.75) is 51.7 Å². The molecule has 3 N–H and O–H groups in total. The van der Waals surface area contributed by atoms with Gasteiger partial charge < -0.3 is 20.5 Å². The van der Waals surface area contributed by atoms with Crippen molar-refractivity contribution in [1.82, 2.24) is 5.32 Å². The molecule has 0 bridgehead atoms. The van der Waals surface area contributed by atoms with Crippen LogP contribution in [0.2, 0.25) is 0 Å². The van der Waals surface area contributed by atoms with Gasteiger partial charge in [-0.05, 0) is 33.2 Å². The fourth-order valence-electron chi connectivity index (χ4n) is 2.31. The molecule has 3 unspecified atom stereocenters. The van der Waals surface area contributed by atoms with Crippen molar-refractivity contribution in [2.75, 3.05) is 26.4 Å². The Morgan fingerprint density at radius 1 is 1.63 bits per heavy atom. The summed E-state index contributed by atoms with van der Waals surface area (Å²) in [5.41, 5.74) is 4.81. The molecule has 1 fully saturated rings. The molecule has 1 rings (SSSR count). The molecule has 19 heavy (non-hydrogen) atoms. The average molecular weight is 272 g/mol. The summed E-state index contributed by atoms with van der Waals surface area (Å²) in [6.07, 6.45) is 2.63. The van der Waals surface area contributed by atoms with Crippen molar-refractivity contribution in [1.29, 1.82) is 0 Å². The lowest BCUT2D eigenvalue weighted by Gasteiger charge is -2.30. The summed E-state index contributed by atoms with van der Waals surface area (Å²) < 4.78 is 11.1. The molecule has 1 aliphatic heterocycles. The monoisotopic (exact) mass is 272 g/mol. The zero-order valence-electron chi connectivity index (χ0n) is 12.4. The van der Waals surface area contributed by atoms with E-state index in [9.17, 15) is 4.79 Å². The van der Waals surface area contributed by atoms with Crippen molar-refractivity contribution >= 4 is 5.91 Å². The fraction of sp³-hybridized carbons (Fsp3) is 0.929. The quantitative estimate of drug-likeness (QED) is 0.658. The Morgan fingerprint density at radius 3 is 2.89 bits per heavy atom. The zero-order valence-corrected chi connectivity index (χ0v) is 12.4. The van der Waals surface area contributed by atoms with Crippen LogP contribution in [-0.2, 0) is 14.3 Å². The summed E-state index contributed by atoms with van der Waals surface area (Å²) in [5.74, 6) is 0.173. The number of rotatable bonds is 9. The number of hydrogen-bond donors (Lipinski definition) is 2. The van der Waals surface area contributed by atoms with E-state index in [2.05, 4.69) is 12.2 Å². The fourth-order valence-corrected chi connectivity index (χ4v) is 2.31. The average Bonchev–Trinajstić information content (AvgIpc) is 2.87. The number of carbonyl (C=O) groups excluding carboxylic acids is 1. The van der Waals surface area contributed by atoms with Crippen LogP contribution in [0, 0.1) is 5.92 Å². The standard InChI is InChI=1S/C14H28N2O3/c1-4-6-16-14(3,13(15)17)8-11(2)19-10-12-5-7-18-9-12/h11-12,16H,4-10H2,1-3H3,(H2,15,17). The zero-order chi connectivity index (χ0) is 14.3. The minimum absolute atomic E-state index is 0.00227. The third-order valence-corrected chi connectivity index (χ3v) is 3.65. The van der Waals surface area contributed by atoms with Gasteiger partial charge in [-0.1, -0.05) is 6.92 Å². The van der Waals surface area contributed by atoms with Crippen LogP contribution in [0.5, 0.6) is 0 Å². The number of amides is 1. The molecule has 0 aromatic carbocycles. The van der Waals surface area contributed by atoms with E-state index in [1.807, 2.05) is 13.8 Å². The van der Waals surface area contributed by atoms with Crippen molar-refractivity contribution in [3.05, 3.63) is 0 Å². The molecule has 1 saturated heterocycles. The van der Waals surface area contributed by atoms with Crippen molar-refractivity contribution in [3.63, 3.8) is 0 Å². The molecule has 112 valence electrons. The Hall–Kier alpha value is -0.650. The van der Waals surface area contributed by atoms with Gasteiger partial charge in [-0.25, -0.2) is 0 Å². The first-order valence-electron chi connectivity index (χ1n) is 7.22. The molecular formula is C14H28N2O3. The highest BCUT2D eigenvalue weighted by Gasteiger charge is 2.32. The van der Waals surface area contributed by atoms with Crippen molar-refractivity contribution in [3.8, 4) is 0 Å². The summed E-state index contributed by atoms with van der Waals surface area (Å²) in [4.78, 5) is 11.6. The van der Waals surface area contributed by atoms with Crippen LogP contribution < -0.4 is 11.1 Å². The topological polar surface area (TPSA) is 73.6 Å². The number of ether oxygens (including phenoxy) is 2. The van der Waals surface area contributed by atoms with E-state index in [4.69, 9.17) is 15.2 Å². The summed E-state index contributed by atoms with van der Waals surface area (Å²) in [7, 11) is 0. The van der Waals surface area contributed by atoms with Crippen LogP contribution in [0.3, 0.4) is 0 Å². The van der Waals surface area contributed by atoms with Gasteiger partial charge >= 0.3 is 0 Å². The number of carbonyl (C=O) groups is 1. The molecule has 5 heteroatoms. The van der Waals surface area contributed by atoms with Crippen LogP contribution in [0.25, 0.3) is 0 Å². The highest BCUT2D eigenvalue weighted by atomic mass is 16.5. The molecule has 1 amide bonds. The van der Waals surface area contributed by atoms with E-state index in [1.54, 1.807) is 0 Å². The van der Waals surface area contributed by atoms with Crippen LogP contribution >= 0.6 is 0 Å². The van der Waals surface area contributed by atoms with Gasteiger partial charge in [0, 0.05) is 18.9 Å². The molecule has 5 nitrogen and oxygen atoms in total. The largest absolute Gasteiger partial charge is 0.381 e. The third kappa shape index (κ3) is 5.47. The predicted molar refractivity (Wildman–Crippen MR) is 74.9 cm³/mol. The van der Waals surface area contributed by atoms with E-state index in [-0.39, 0.29) is 12.0 Å². The lowest BCUT2D eigenvalue weighted by atomic mass is 9.93. The van der Waals surface area contributed by atoms with Gasteiger partial charge in [0.2, 0.25) is 5.91 Å². The van der Waals surface area contributed by atoms with E-state index >= 15 is 0 Å². The van der Waals surface area contributed by atoms with Gasteiger partial charge in [0.05, 0.1) is 24.9 Å². The van der Waals surface area contributed by atoms with E-state index < -0.39 is 5.54 Å². The number of hydrogen-bond acceptors (Lipinski definition) is 4. The Balaban J connectivity index is 2.37. The molecule has 0 spiro atoms. The van der Waals surface area contributed by atoms with Crippen molar-refractivity contribution < 1.29 is 14.3 Å². The molecule has 3 atom stereocenters. The van der Waals surface area contributed by atoms with E-state index in [1.165, 1.54) is 0 Å². The Morgan fingerprint density at radius 2 is 2.37 bits per heavy atom. The minimum atomic E-state index is -0.693. The first-order valence-corrected chi connectivity index (χ1v) is 7.22. The maximum atomic E-state index is 11.6. The Labute approximate surface area is 116 Å². The summed E-state index contributed by atoms with van der Waals surface area (Å²) in [5, 5.41) is 3.22. The maximum absolute atomic E-state index is 11.6. The van der Waals surface area contributed by atoms with Gasteiger partial charge in [0.25, 0.3) is 0 Å². The number of primary amides is 1. The molecule has 1 aliphatic rings. The van der Waals surface area contributed by atoms with Crippen LogP contribution in [0.1, 0.15) is 40.0 Å². The van der Waals surface area contributed by atoms with Crippen LogP contribution in [-0.4, -0.2) is 43.9 Å². The SMILES string of the molecule is CCCNC(C)(CC(C)OCC1CCOC1)C(N)=O. The van der Waals surface area contributed by atoms with Crippen LogP contribution in [0.15, 0.2) is 0 Å². The van der Waals surface area contributed by atoms with Crippen LogP contribution in [0.4, 0.5) is 0 Å². The molecule has 0 aromatic heterocycles. The van der Waals surface area contributed by atoms with Gasteiger partial charge in [0.15, 0.2) is 0 Å². The lowest BCUT2D eigenvalue weighted by Crippen LogP contribution is -2.55.